The van der Waals surface area contributed by atoms with Crippen molar-refractivity contribution in [3.05, 3.63) is 59.3 Å². The Kier molecular flexibility index (Phi) is 4.04. The molecular formula is C17H18FNO2. The van der Waals surface area contributed by atoms with E-state index in [2.05, 4.69) is 5.32 Å². The quantitative estimate of drug-likeness (QED) is 0.934. The summed E-state index contributed by atoms with van der Waals surface area (Å²) in [6.07, 6.45) is 5.51. The van der Waals surface area contributed by atoms with Gasteiger partial charge in [-0.15, -0.1) is 0 Å². The maximum Gasteiger partial charge on any atom is 0.220 e. The number of hydrogen-bond acceptors (Lipinski definition) is 2. The molecule has 0 saturated carbocycles. The minimum Gasteiger partial charge on any atom is -0.469 e. The molecule has 1 heterocycles. The van der Waals surface area contributed by atoms with Crippen molar-refractivity contribution in [1.29, 1.82) is 0 Å². The van der Waals surface area contributed by atoms with E-state index in [1.165, 1.54) is 12.1 Å². The first-order valence-electron chi connectivity index (χ1n) is 7.32. The summed E-state index contributed by atoms with van der Waals surface area (Å²) in [5.41, 5.74) is 1.94. The van der Waals surface area contributed by atoms with E-state index < -0.39 is 0 Å². The molecular weight excluding hydrogens is 269 g/mol. The third-order valence-corrected chi connectivity index (χ3v) is 3.92. The molecule has 1 amide bonds. The molecule has 0 aliphatic heterocycles. The molecule has 1 aromatic carbocycles. The van der Waals surface area contributed by atoms with E-state index in [9.17, 15) is 9.18 Å². The monoisotopic (exact) mass is 287 g/mol. The number of furan rings is 1. The predicted molar refractivity (Wildman–Crippen MR) is 77.3 cm³/mol. The van der Waals surface area contributed by atoms with Crippen molar-refractivity contribution < 1.29 is 13.6 Å². The molecule has 2 aromatic rings. The summed E-state index contributed by atoms with van der Waals surface area (Å²) in [6.45, 7) is 0. The second-order valence-electron chi connectivity index (χ2n) is 5.44. The van der Waals surface area contributed by atoms with Gasteiger partial charge in [-0.1, -0.05) is 12.1 Å². The van der Waals surface area contributed by atoms with Gasteiger partial charge in [0.25, 0.3) is 0 Å². The van der Waals surface area contributed by atoms with Crippen molar-refractivity contribution in [1.82, 2.24) is 5.32 Å². The summed E-state index contributed by atoms with van der Waals surface area (Å²) in [4.78, 5) is 12.1. The zero-order valence-electron chi connectivity index (χ0n) is 11.8. The molecule has 21 heavy (non-hydrogen) atoms. The lowest BCUT2D eigenvalue weighted by molar-refractivity contribution is -0.121. The van der Waals surface area contributed by atoms with E-state index in [1.54, 1.807) is 12.3 Å². The maximum absolute atomic E-state index is 13.1. The van der Waals surface area contributed by atoms with Crippen molar-refractivity contribution in [2.24, 2.45) is 0 Å². The first-order chi connectivity index (χ1) is 10.2. The summed E-state index contributed by atoms with van der Waals surface area (Å²) < 4.78 is 18.5. The maximum atomic E-state index is 13.1. The van der Waals surface area contributed by atoms with Gasteiger partial charge < -0.3 is 9.73 Å². The highest BCUT2D eigenvalue weighted by molar-refractivity contribution is 5.76. The molecule has 3 nitrogen and oxygen atoms in total. The minimum atomic E-state index is -0.261. The van der Waals surface area contributed by atoms with E-state index in [1.807, 2.05) is 12.1 Å². The number of fused-ring (bicyclic) bond motifs is 1. The van der Waals surface area contributed by atoms with Gasteiger partial charge in [0.05, 0.1) is 12.3 Å². The molecule has 110 valence electrons. The van der Waals surface area contributed by atoms with Gasteiger partial charge in [-0.25, -0.2) is 4.39 Å². The largest absolute Gasteiger partial charge is 0.469 e. The molecule has 0 bridgehead atoms. The second-order valence-corrected chi connectivity index (χ2v) is 5.44. The zero-order chi connectivity index (χ0) is 14.7. The van der Waals surface area contributed by atoms with Gasteiger partial charge in [0, 0.05) is 18.4 Å². The van der Waals surface area contributed by atoms with Crippen LogP contribution in [0.1, 0.15) is 42.2 Å². The van der Waals surface area contributed by atoms with E-state index in [4.69, 9.17) is 4.42 Å². The Morgan fingerprint density at radius 2 is 2.29 bits per heavy atom. The fourth-order valence-corrected chi connectivity index (χ4v) is 2.85. The molecule has 1 unspecified atom stereocenters. The van der Waals surface area contributed by atoms with E-state index in [0.29, 0.717) is 12.8 Å². The van der Waals surface area contributed by atoms with Crippen molar-refractivity contribution in [3.8, 4) is 0 Å². The van der Waals surface area contributed by atoms with Gasteiger partial charge in [-0.2, -0.15) is 0 Å². The zero-order valence-corrected chi connectivity index (χ0v) is 11.8. The Labute approximate surface area is 123 Å². The molecule has 1 aromatic heterocycles. The molecule has 1 aliphatic rings. The van der Waals surface area contributed by atoms with Crippen LogP contribution in [0.3, 0.4) is 0 Å². The number of hydrogen-bond donors (Lipinski definition) is 1. The van der Waals surface area contributed by atoms with Gasteiger partial charge in [0.15, 0.2) is 0 Å². The molecule has 1 atom stereocenters. The van der Waals surface area contributed by atoms with Crippen molar-refractivity contribution in [2.75, 3.05) is 0 Å². The Balaban J connectivity index is 1.56. The van der Waals surface area contributed by atoms with Crippen LogP contribution in [-0.2, 0) is 17.6 Å². The Morgan fingerprint density at radius 1 is 1.38 bits per heavy atom. The van der Waals surface area contributed by atoms with Crippen molar-refractivity contribution in [2.45, 2.75) is 38.1 Å². The Bertz CT molecular complexity index is 635. The fraction of sp³-hybridized carbons (Fsp3) is 0.353. The number of carbonyl (C=O) groups is 1. The Hall–Kier alpha value is -2.10. The first-order valence-corrected chi connectivity index (χ1v) is 7.32. The summed E-state index contributed by atoms with van der Waals surface area (Å²) >= 11 is 0. The average molecular weight is 287 g/mol. The number of rotatable bonds is 4. The average Bonchev–Trinajstić information content (AvgIpc) is 2.95. The van der Waals surface area contributed by atoms with Gasteiger partial charge >= 0.3 is 0 Å². The molecule has 0 fully saturated rings. The molecule has 3 rings (SSSR count). The van der Waals surface area contributed by atoms with E-state index in [-0.39, 0.29) is 17.8 Å². The highest BCUT2D eigenvalue weighted by Crippen LogP contribution is 2.30. The van der Waals surface area contributed by atoms with Crippen LogP contribution in [0.4, 0.5) is 4.39 Å². The lowest BCUT2D eigenvalue weighted by atomic mass is 9.93. The number of aryl methyl sites for hydroxylation is 2. The van der Waals surface area contributed by atoms with Crippen molar-refractivity contribution in [3.63, 3.8) is 0 Å². The summed E-state index contributed by atoms with van der Waals surface area (Å²) in [5, 5.41) is 3.05. The van der Waals surface area contributed by atoms with Crippen molar-refractivity contribution >= 4 is 5.91 Å². The fourth-order valence-electron chi connectivity index (χ4n) is 2.85. The molecule has 0 spiro atoms. The van der Waals surface area contributed by atoms with E-state index in [0.717, 1.165) is 36.1 Å². The van der Waals surface area contributed by atoms with Crippen LogP contribution in [0.25, 0.3) is 0 Å². The Morgan fingerprint density at radius 3 is 3.14 bits per heavy atom. The molecule has 0 saturated heterocycles. The summed E-state index contributed by atoms with van der Waals surface area (Å²) in [7, 11) is 0. The van der Waals surface area contributed by atoms with Crippen LogP contribution in [0.2, 0.25) is 0 Å². The highest BCUT2D eigenvalue weighted by Gasteiger charge is 2.23. The second kappa shape index (κ2) is 6.12. The number of halogens is 1. The van der Waals surface area contributed by atoms with Gasteiger partial charge in [0.2, 0.25) is 5.91 Å². The smallest absolute Gasteiger partial charge is 0.220 e. The minimum absolute atomic E-state index is 0.00156. The first kappa shape index (κ1) is 13.9. The van der Waals surface area contributed by atoms with E-state index >= 15 is 0 Å². The third kappa shape index (κ3) is 3.32. The number of carbonyl (C=O) groups excluding carboxylic acids is 1. The van der Waals surface area contributed by atoms with Crippen LogP contribution in [0.15, 0.2) is 41.0 Å². The molecule has 1 aliphatic carbocycles. The van der Waals surface area contributed by atoms with Crippen LogP contribution in [0, 0.1) is 5.82 Å². The number of amides is 1. The predicted octanol–water partition coefficient (Wildman–Crippen LogP) is 3.55. The topological polar surface area (TPSA) is 42.2 Å². The summed E-state index contributed by atoms with van der Waals surface area (Å²) in [5.74, 6) is 0.721. The van der Waals surface area contributed by atoms with Gasteiger partial charge in [-0.3, -0.25) is 4.79 Å². The van der Waals surface area contributed by atoms with Gasteiger partial charge in [0.1, 0.15) is 11.6 Å². The van der Waals surface area contributed by atoms with Gasteiger partial charge in [-0.05, 0) is 43.0 Å². The number of benzene rings is 1. The molecule has 1 N–H and O–H groups in total. The SMILES string of the molecule is O=C(CCc1cccc(F)c1)NC1CCCc2occc21. The highest BCUT2D eigenvalue weighted by atomic mass is 19.1. The third-order valence-electron chi connectivity index (χ3n) is 3.92. The lowest BCUT2D eigenvalue weighted by Gasteiger charge is -2.22. The normalized spacial score (nSPS) is 17.3. The van der Waals surface area contributed by atoms with Crippen LogP contribution >= 0.6 is 0 Å². The lowest BCUT2D eigenvalue weighted by Crippen LogP contribution is -2.30. The van der Waals surface area contributed by atoms with Crippen LogP contribution < -0.4 is 5.32 Å². The number of nitrogens with one attached hydrogen (secondary N) is 1. The standard InChI is InChI=1S/C17H18FNO2/c18-13-4-1-3-12(11-13)7-8-17(20)19-15-5-2-6-16-14(15)9-10-21-16/h1,3-4,9-11,15H,2,5-8H2,(H,19,20). The van der Waals surface area contributed by atoms with Crippen LogP contribution in [0.5, 0.6) is 0 Å². The molecule has 4 heteroatoms. The molecule has 0 radical (unpaired) electrons. The van der Waals surface area contributed by atoms with Crippen LogP contribution in [-0.4, -0.2) is 5.91 Å². The summed E-state index contributed by atoms with van der Waals surface area (Å²) in [6, 6.07) is 8.37.